The van der Waals surface area contributed by atoms with Crippen LogP contribution in [0, 0.1) is 11.8 Å². The van der Waals surface area contributed by atoms with Gasteiger partial charge < -0.3 is 14.8 Å². The third kappa shape index (κ3) is 7.87. The minimum absolute atomic E-state index is 0.128. The molecule has 0 radical (unpaired) electrons. The summed E-state index contributed by atoms with van der Waals surface area (Å²) in [6.07, 6.45) is 9.88. The predicted octanol–water partition coefficient (Wildman–Crippen LogP) is 7.04. The number of ketones is 1. The summed E-state index contributed by atoms with van der Waals surface area (Å²) in [5, 5.41) is 3.81. The number of halogens is 2. The molecule has 7 nitrogen and oxygen atoms in total. The van der Waals surface area contributed by atoms with Gasteiger partial charge in [-0.25, -0.2) is 14.4 Å². The fourth-order valence-electron chi connectivity index (χ4n) is 7.14. The van der Waals surface area contributed by atoms with Crippen LogP contribution in [0.1, 0.15) is 86.7 Å². The smallest absolute Gasteiger partial charge is 0.224 e. The fraction of sp³-hybridized carbons (Fsp3) is 0.629. The number of likely N-dealkylation sites (N-methyl/N-ethyl adjacent to an activating group) is 1. The normalized spacial score (nSPS) is 25.1. The van der Waals surface area contributed by atoms with Gasteiger partial charge in [-0.15, -0.1) is 6.58 Å². The van der Waals surface area contributed by atoms with Gasteiger partial charge in [-0.05, 0) is 87.6 Å². The van der Waals surface area contributed by atoms with E-state index in [0.717, 1.165) is 80.6 Å². The number of ether oxygens (including phenoxy) is 2. The van der Waals surface area contributed by atoms with Gasteiger partial charge in [0.15, 0.2) is 5.67 Å². The highest BCUT2D eigenvalue weighted by atomic mass is 35.5. The molecule has 2 fully saturated rings. The Balaban J connectivity index is 1.29. The van der Waals surface area contributed by atoms with E-state index >= 15 is 4.39 Å². The first kappa shape index (κ1) is 33.0. The van der Waals surface area contributed by atoms with Crippen LogP contribution in [0.5, 0.6) is 0 Å². The number of benzene rings is 1. The van der Waals surface area contributed by atoms with Crippen LogP contribution in [0.25, 0.3) is 0 Å². The number of rotatable bonds is 11. The van der Waals surface area contributed by atoms with E-state index < -0.39 is 11.7 Å². The van der Waals surface area contributed by atoms with Gasteiger partial charge in [-0.1, -0.05) is 36.8 Å². The van der Waals surface area contributed by atoms with E-state index in [2.05, 4.69) is 28.8 Å². The summed E-state index contributed by atoms with van der Waals surface area (Å²) in [7, 11) is 1.96. The standard InChI is InChI=1S/C35H48ClFN4O3/c1-4-16-35(37,32-23-44-20-17-41(32)3)28-10-7-9-27(22-28)24(2)38-33-29-21-25(11-13-30(29)39-34(36)40-33)12-14-31(42)26-8-5-6-18-43-19-15-26/h4,7,9-10,22,24-26,32H,1,5-6,8,11-21,23H2,2-3H3,(H,38,39,40)/t24-,25?,26?,32?,35?/m1/s1. The molecule has 0 amide bonds. The van der Waals surface area contributed by atoms with Crippen molar-refractivity contribution in [3.05, 3.63) is 64.6 Å². The highest BCUT2D eigenvalue weighted by Crippen LogP contribution is 2.39. The molecule has 4 unspecified atom stereocenters. The Hall–Kier alpha value is -2.39. The minimum atomic E-state index is -1.63. The van der Waals surface area contributed by atoms with E-state index in [9.17, 15) is 4.79 Å². The lowest BCUT2D eigenvalue weighted by Crippen LogP contribution is -2.53. The van der Waals surface area contributed by atoms with E-state index in [1.807, 2.05) is 36.2 Å². The summed E-state index contributed by atoms with van der Waals surface area (Å²) >= 11 is 6.39. The number of alkyl halides is 1. The number of fused-ring (bicyclic) bond motifs is 1. The van der Waals surface area contributed by atoms with Crippen LogP contribution in [0.2, 0.25) is 5.28 Å². The molecule has 0 spiro atoms. The molecule has 3 heterocycles. The van der Waals surface area contributed by atoms with Gasteiger partial charge in [0, 0.05) is 50.1 Å². The summed E-state index contributed by atoms with van der Waals surface area (Å²) < 4.78 is 28.2. The third-order valence-corrected chi connectivity index (χ3v) is 10.1. The Bertz CT molecular complexity index is 1290. The molecule has 0 bridgehead atoms. The number of hydrogen-bond donors (Lipinski definition) is 1. The Morgan fingerprint density at radius 2 is 2.09 bits per heavy atom. The summed E-state index contributed by atoms with van der Waals surface area (Å²) in [5.74, 6) is 1.62. The van der Waals surface area contributed by atoms with Crippen molar-refractivity contribution in [3.8, 4) is 0 Å². The number of aromatic nitrogens is 2. The number of nitrogens with zero attached hydrogens (tertiary/aromatic N) is 3. The van der Waals surface area contributed by atoms with Gasteiger partial charge in [0.05, 0.1) is 24.9 Å². The Kier molecular flexibility index (Phi) is 11.4. The second-order valence-corrected chi connectivity index (χ2v) is 13.2. The molecule has 1 aliphatic carbocycles. The molecule has 5 rings (SSSR count). The molecule has 2 aromatic rings. The number of hydrogen-bond acceptors (Lipinski definition) is 7. The number of Topliss-reactive ketones (excluding diaryl/α,β-unsaturated/α-hetero) is 1. The van der Waals surface area contributed by atoms with E-state index in [1.165, 1.54) is 0 Å². The summed E-state index contributed by atoms with van der Waals surface area (Å²) in [4.78, 5) is 24.3. The zero-order valence-electron chi connectivity index (χ0n) is 26.3. The highest BCUT2D eigenvalue weighted by molar-refractivity contribution is 6.28. The average Bonchev–Trinajstić information content (AvgIpc) is 3.00. The van der Waals surface area contributed by atoms with Crippen molar-refractivity contribution in [1.29, 1.82) is 0 Å². The van der Waals surface area contributed by atoms with Gasteiger partial charge in [-0.3, -0.25) is 9.69 Å². The Morgan fingerprint density at radius 3 is 2.91 bits per heavy atom. The first-order valence-electron chi connectivity index (χ1n) is 16.4. The number of allylic oxidation sites excluding steroid dienone is 1. The van der Waals surface area contributed by atoms with Crippen molar-refractivity contribution < 1.29 is 18.7 Å². The quantitative estimate of drug-likeness (QED) is 0.212. The maximum atomic E-state index is 16.9. The number of nitrogens with one attached hydrogen (secondary N) is 1. The monoisotopic (exact) mass is 626 g/mol. The van der Waals surface area contributed by atoms with Crippen molar-refractivity contribution in [3.63, 3.8) is 0 Å². The molecule has 3 aliphatic rings. The Labute approximate surface area is 267 Å². The molecule has 2 saturated heterocycles. The number of anilines is 1. The van der Waals surface area contributed by atoms with E-state index in [4.69, 9.17) is 21.1 Å². The van der Waals surface area contributed by atoms with Crippen molar-refractivity contribution in [1.82, 2.24) is 14.9 Å². The molecule has 240 valence electrons. The molecule has 1 aromatic carbocycles. The lowest BCUT2D eigenvalue weighted by molar-refractivity contribution is -0.124. The molecule has 9 heteroatoms. The number of morpholine rings is 1. The highest BCUT2D eigenvalue weighted by Gasteiger charge is 2.43. The number of aryl methyl sites for hydroxylation is 1. The topological polar surface area (TPSA) is 76.6 Å². The molecule has 44 heavy (non-hydrogen) atoms. The maximum absolute atomic E-state index is 16.9. The van der Waals surface area contributed by atoms with Crippen molar-refractivity contribution in [2.45, 2.75) is 88.9 Å². The molecular formula is C35H48ClFN4O3. The summed E-state index contributed by atoms with van der Waals surface area (Å²) in [6, 6.07) is 7.20. The molecular weight excluding hydrogens is 579 g/mol. The zero-order valence-corrected chi connectivity index (χ0v) is 27.1. The van der Waals surface area contributed by atoms with Crippen LogP contribution in [0.3, 0.4) is 0 Å². The lowest BCUT2D eigenvalue weighted by Gasteiger charge is -2.42. The summed E-state index contributed by atoms with van der Waals surface area (Å²) in [5.41, 5.74) is 2.00. The molecule has 2 aliphatic heterocycles. The van der Waals surface area contributed by atoms with E-state index in [-0.39, 0.29) is 23.7 Å². The number of carbonyl (C=O) groups is 1. The van der Waals surface area contributed by atoms with Gasteiger partial charge in [0.2, 0.25) is 5.28 Å². The third-order valence-electron chi connectivity index (χ3n) is 9.89. The molecule has 1 aromatic heterocycles. The van der Waals surface area contributed by atoms with Crippen LogP contribution in [-0.4, -0.2) is 66.7 Å². The first-order valence-corrected chi connectivity index (χ1v) is 16.8. The molecule has 0 saturated carbocycles. The summed E-state index contributed by atoms with van der Waals surface area (Å²) in [6.45, 7) is 9.05. The van der Waals surface area contributed by atoms with Crippen LogP contribution < -0.4 is 5.32 Å². The average molecular weight is 627 g/mol. The molecule has 5 atom stereocenters. The second-order valence-electron chi connectivity index (χ2n) is 12.9. The van der Waals surface area contributed by atoms with E-state index in [0.29, 0.717) is 50.1 Å². The van der Waals surface area contributed by atoms with Crippen molar-refractivity contribution in [2.75, 3.05) is 45.3 Å². The first-order chi connectivity index (χ1) is 21.3. The zero-order chi connectivity index (χ0) is 31.1. The maximum Gasteiger partial charge on any atom is 0.224 e. The number of carbonyl (C=O) groups excluding carboxylic acids is 1. The SMILES string of the molecule is C=CCC(F)(c1cccc([C@@H](C)Nc2nc(Cl)nc3c2CC(CCC(=O)C2CCCCOCC2)CC3)c1)C1COCCN1C. The van der Waals surface area contributed by atoms with Crippen LogP contribution >= 0.6 is 11.6 Å². The largest absolute Gasteiger partial charge is 0.381 e. The van der Waals surface area contributed by atoms with Gasteiger partial charge >= 0.3 is 0 Å². The van der Waals surface area contributed by atoms with Crippen LogP contribution in [-0.2, 0) is 32.8 Å². The fourth-order valence-corrected chi connectivity index (χ4v) is 7.32. The predicted molar refractivity (Wildman–Crippen MR) is 173 cm³/mol. The Morgan fingerprint density at radius 1 is 1.23 bits per heavy atom. The second kappa shape index (κ2) is 15.3. The van der Waals surface area contributed by atoms with Gasteiger partial charge in [0.1, 0.15) is 11.6 Å². The van der Waals surface area contributed by atoms with Crippen LogP contribution in [0.15, 0.2) is 36.9 Å². The van der Waals surface area contributed by atoms with Crippen molar-refractivity contribution >= 4 is 23.2 Å². The molecule has 1 N–H and O–H groups in total. The minimum Gasteiger partial charge on any atom is -0.381 e. The van der Waals surface area contributed by atoms with E-state index in [1.54, 1.807) is 6.08 Å². The van der Waals surface area contributed by atoms with Crippen LogP contribution in [0.4, 0.5) is 10.2 Å². The van der Waals surface area contributed by atoms with Gasteiger partial charge in [-0.2, -0.15) is 0 Å². The van der Waals surface area contributed by atoms with Crippen molar-refractivity contribution in [2.24, 2.45) is 11.8 Å². The van der Waals surface area contributed by atoms with Gasteiger partial charge in [0.25, 0.3) is 0 Å². The lowest BCUT2D eigenvalue weighted by atomic mass is 9.81.